The normalized spacial score (nSPS) is 12.5. The van der Waals surface area contributed by atoms with Crippen molar-refractivity contribution in [2.45, 2.75) is 25.9 Å². The van der Waals surface area contributed by atoms with Gasteiger partial charge in [0.05, 0.1) is 6.54 Å². The lowest BCUT2D eigenvalue weighted by Gasteiger charge is -2.25. The fraction of sp³-hybridized carbons (Fsp3) is 0.583. The highest BCUT2D eigenvalue weighted by Crippen LogP contribution is 2.14. The van der Waals surface area contributed by atoms with Gasteiger partial charge in [0.25, 0.3) is 5.91 Å². The Bertz CT molecular complexity index is 365. The molecule has 0 aliphatic heterocycles. The molecule has 0 radical (unpaired) electrons. The summed E-state index contributed by atoms with van der Waals surface area (Å²) in [7, 11) is 1.82. The number of carbonyl (C=O) groups is 1. The molecule has 5 heteroatoms. The topological polar surface area (TPSA) is 59.5 Å². The minimum Gasteiger partial charge on any atom is -0.455 e. The van der Waals surface area contributed by atoms with Crippen LogP contribution < -0.4 is 5.73 Å². The molecule has 0 bridgehead atoms. The maximum absolute atomic E-state index is 12.1. The number of thioether (sulfide) groups is 1. The second-order valence-corrected chi connectivity index (χ2v) is 4.81. The van der Waals surface area contributed by atoms with Gasteiger partial charge < -0.3 is 15.1 Å². The SMILES string of the molecule is CCC(CSC)N(C)C(=O)c1ccc(CN)o1. The van der Waals surface area contributed by atoms with E-state index in [1.54, 1.807) is 28.8 Å². The molecule has 96 valence electrons. The fourth-order valence-electron chi connectivity index (χ4n) is 1.64. The molecule has 1 rings (SSSR count). The Balaban J connectivity index is 2.74. The maximum Gasteiger partial charge on any atom is 0.289 e. The highest BCUT2D eigenvalue weighted by molar-refractivity contribution is 7.98. The van der Waals surface area contributed by atoms with Crippen molar-refractivity contribution in [2.24, 2.45) is 5.73 Å². The molecular weight excluding hydrogens is 236 g/mol. The highest BCUT2D eigenvalue weighted by atomic mass is 32.2. The van der Waals surface area contributed by atoms with Crippen molar-refractivity contribution in [3.8, 4) is 0 Å². The van der Waals surface area contributed by atoms with Crippen LogP contribution in [-0.4, -0.2) is 35.9 Å². The molecule has 0 aromatic carbocycles. The van der Waals surface area contributed by atoms with Crippen molar-refractivity contribution in [3.63, 3.8) is 0 Å². The van der Waals surface area contributed by atoms with Gasteiger partial charge in [-0.3, -0.25) is 4.79 Å². The van der Waals surface area contributed by atoms with Gasteiger partial charge in [0.1, 0.15) is 5.76 Å². The zero-order valence-corrected chi connectivity index (χ0v) is 11.4. The Morgan fingerprint density at radius 3 is 2.76 bits per heavy atom. The van der Waals surface area contributed by atoms with E-state index in [2.05, 4.69) is 6.92 Å². The van der Waals surface area contributed by atoms with E-state index >= 15 is 0 Å². The monoisotopic (exact) mass is 256 g/mol. The van der Waals surface area contributed by atoms with E-state index in [1.165, 1.54) is 0 Å². The molecule has 1 atom stereocenters. The molecule has 1 amide bonds. The first-order valence-corrected chi connectivity index (χ1v) is 7.08. The van der Waals surface area contributed by atoms with Gasteiger partial charge in [-0.05, 0) is 24.8 Å². The molecular formula is C12H20N2O2S. The second-order valence-electron chi connectivity index (χ2n) is 3.90. The molecule has 0 fully saturated rings. The number of carbonyl (C=O) groups excluding carboxylic acids is 1. The maximum atomic E-state index is 12.1. The molecule has 2 N–H and O–H groups in total. The molecule has 1 aromatic rings. The van der Waals surface area contributed by atoms with Crippen LogP contribution in [0.15, 0.2) is 16.5 Å². The zero-order valence-electron chi connectivity index (χ0n) is 10.6. The summed E-state index contributed by atoms with van der Waals surface area (Å²) in [5.41, 5.74) is 5.45. The summed E-state index contributed by atoms with van der Waals surface area (Å²) in [5.74, 6) is 1.86. The van der Waals surface area contributed by atoms with Gasteiger partial charge in [-0.1, -0.05) is 6.92 Å². The van der Waals surface area contributed by atoms with Crippen LogP contribution in [0.3, 0.4) is 0 Å². The Hall–Kier alpha value is -0.940. The number of hydrogen-bond donors (Lipinski definition) is 1. The summed E-state index contributed by atoms with van der Waals surface area (Å²) < 4.78 is 5.37. The van der Waals surface area contributed by atoms with E-state index in [-0.39, 0.29) is 11.9 Å². The van der Waals surface area contributed by atoms with Crippen molar-refractivity contribution in [3.05, 3.63) is 23.7 Å². The average molecular weight is 256 g/mol. The summed E-state index contributed by atoms with van der Waals surface area (Å²) in [6.07, 6.45) is 2.98. The molecule has 1 heterocycles. The van der Waals surface area contributed by atoms with Crippen molar-refractivity contribution >= 4 is 17.7 Å². The zero-order chi connectivity index (χ0) is 12.8. The Morgan fingerprint density at radius 1 is 1.59 bits per heavy atom. The third-order valence-electron chi connectivity index (χ3n) is 2.77. The van der Waals surface area contributed by atoms with E-state index in [1.807, 2.05) is 13.3 Å². The average Bonchev–Trinajstić information content (AvgIpc) is 2.82. The van der Waals surface area contributed by atoms with Crippen LogP contribution in [0.2, 0.25) is 0 Å². The third-order valence-corrected chi connectivity index (χ3v) is 3.49. The molecule has 0 aliphatic rings. The second kappa shape index (κ2) is 6.71. The first kappa shape index (κ1) is 14.1. The fourth-order valence-corrected chi connectivity index (χ4v) is 2.48. The molecule has 4 nitrogen and oxygen atoms in total. The van der Waals surface area contributed by atoms with Crippen molar-refractivity contribution < 1.29 is 9.21 Å². The Labute approximate surface area is 107 Å². The van der Waals surface area contributed by atoms with E-state index in [4.69, 9.17) is 10.2 Å². The first-order valence-electron chi connectivity index (χ1n) is 5.68. The molecule has 0 saturated carbocycles. The molecule has 0 saturated heterocycles. The van der Waals surface area contributed by atoms with E-state index < -0.39 is 0 Å². The Kier molecular flexibility index (Phi) is 5.58. The molecule has 1 unspecified atom stereocenters. The largest absolute Gasteiger partial charge is 0.455 e. The van der Waals surface area contributed by atoms with Crippen LogP contribution in [0.4, 0.5) is 0 Å². The minimum absolute atomic E-state index is 0.0781. The number of furan rings is 1. The van der Waals surface area contributed by atoms with Crippen molar-refractivity contribution in [2.75, 3.05) is 19.1 Å². The number of nitrogens with zero attached hydrogens (tertiary/aromatic N) is 1. The van der Waals surface area contributed by atoms with E-state index in [0.717, 1.165) is 12.2 Å². The Morgan fingerprint density at radius 2 is 2.29 bits per heavy atom. The molecule has 1 aromatic heterocycles. The third kappa shape index (κ3) is 3.51. The summed E-state index contributed by atoms with van der Waals surface area (Å²) >= 11 is 1.74. The summed E-state index contributed by atoms with van der Waals surface area (Å²) in [6.45, 7) is 2.40. The van der Waals surface area contributed by atoms with Gasteiger partial charge in [-0.25, -0.2) is 0 Å². The summed E-state index contributed by atoms with van der Waals surface area (Å²) in [4.78, 5) is 13.9. The van der Waals surface area contributed by atoms with Crippen molar-refractivity contribution in [1.82, 2.24) is 4.90 Å². The number of rotatable bonds is 6. The molecule has 0 aliphatic carbocycles. The lowest BCUT2D eigenvalue weighted by molar-refractivity contribution is 0.0709. The van der Waals surface area contributed by atoms with Crippen LogP contribution in [0.1, 0.15) is 29.7 Å². The highest BCUT2D eigenvalue weighted by Gasteiger charge is 2.21. The quantitative estimate of drug-likeness (QED) is 0.845. The van der Waals surface area contributed by atoms with Gasteiger partial charge >= 0.3 is 0 Å². The van der Waals surface area contributed by atoms with Gasteiger partial charge in [-0.2, -0.15) is 11.8 Å². The smallest absolute Gasteiger partial charge is 0.289 e. The number of nitrogens with two attached hydrogens (primary N) is 1. The van der Waals surface area contributed by atoms with Crippen molar-refractivity contribution in [1.29, 1.82) is 0 Å². The van der Waals surface area contributed by atoms with Crippen LogP contribution in [0.25, 0.3) is 0 Å². The van der Waals surface area contributed by atoms with Crippen LogP contribution >= 0.6 is 11.8 Å². The lowest BCUT2D eigenvalue weighted by atomic mass is 10.2. The lowest BCUT2D eigenvalue weighted by Crippen LogP contribution is -2.38. The minimum atomic E-state index is -0.0781. The predicted molar refractivity (Wildman–Crippen MR) is 71.2 cm³/mol. The summed E-state index contributed by atoms with van der Waals surface area (Å²) in [6, 6.07) is 3.67. The first-order chi connectivity index (χ1) is 8.13. The standard InChI is InChI=1S/C12H20N2O2S/c1-4-9(8-17-3)14(2)12(15)11-6-5-10(7-13)16-11/h5-6,9H,4,7-8,13H2,1-3H3. The predicted octanol–water partition coefficient (Wildman–Crippen LogP) is 1.95. The summed E-state index contributed by atoms with van der Waals surface area (Å²) in [5, 5.41) is 0. The number of amides is 1. The van der Waals surface area contributed by atoms with Gasteiger partial charge in [-0.15, -0.1) is 0 Å². The van der Waals surface area contributed by atoms with E-state index in [9.17, 15) is 4.79 Å². The van der Waals surface area contributed by atoms with Crippen LogP contribution in [-0.2, 0) is 6.54 Å². The van der Waals surface area contributed by atoms with Gasteiger partial charge in [0.2, 0.25) is 0 Å². The molecule has 17 heavy (non-hydrogen) atoms. The molecule has 0 spiro atoms. The van der Waals surface area contributed by atoms with E-state index in [0.29, 0.717) is 18.1 Å². The van der Waals surface area contributed by atoms with Crippen LogP contribution in [0.5, 0.6) is 0 Å². The number of hydrogen-bond acceptors (Lipinski definition) is 4. The van der Waals surface area contributed by atoms with Gasteiger partial charge in [0.15, 0.2) is 5.76 Å². The van der Waals surface area contributed by atoms with Gasteiger partial charge in [0, 0.05) is 18.8 Å². The van der Waals surface area contributed by atoms with Crippen LogP contribution in [0, 0.1) is 0 Å².